The molecule has 0 atom stereocenters. The van der Waals surface area contributed by atoms with Crippen LogP contribution in [-0.2, 0) is 6.42 Å². The van der Waals surface area contributed by atoms with Crippen LogP contribution in [-0.4, -0.2) is 30.2 Å². The predicted octanol–water partition coefficient (Wildman–Crippen LogP) is 2.67. The summed E-state index contributed by atoms with van der Waals surface area (Å²) in [5.41, 5.74) is 2.25. The van der Waals surface area contributed by atoms with Crippen LogP contribution < -0.4 is 4.90 Å². The van der Waals surface area contributed by atoms with E-state index in [4.69, 9.17) is 9.52 Å². The van der Waals surface area contributed by atoms with E-state index in [9.17, 15) is 4.79 Å². The first-order chi connectivity index (χ1) is 9.02. The molecule has 2 aromatic rings. The van der Waals surface area contributed by atoms with Gasteiger partial charge in [0.25, 0.3) is 0 Å². The van der Waals surface area contributed by atoms with Crippen molar-refractivity contribution in [2.75, 3.05) is 19.0 Å². The summed E-state index contributed by atoms with van der Waals surface area (Å²) < 4.78 is 5.36. The first-order valence-electron chi connectivity index (χ1n) is 6.03. The molecule has 0 aliphatic heterocycles. The van der Waals surface area contributed by atoms with Crippen LogP contribution in [0.3, 0.4) is 0 Å². The number of oxazole rings is 1. The van der Waals surface area contributed by atoms with Crippen LogP contribution in [0.2, 0.25) is 0 Å². The van der Waals surface area contributed by atoms with Gasteiger partial charge < -0.3 is 14.4 Å². The average molecular weight is 260 g/mol. The van der Waals surface area contributed by atoms with Crippen LogP contribution in [0.25, 0.3) is 11.5 Å². The van der Waals surface area contributed by atoms with E-state index in [0.29, 0.717) is 18.0 Å². The molecule has 5 heteroatoms. The standard InChI is InChI=1S/C14H16N2O3/c1-4-11-12(14(17)18)19-13(15-11)9-6-5-7-10(8-9)16(2)3/h5-8H,4H2,1-3H3,(H,17,18). The highest BCUT2D eigenvalue weighted by Gasteiger charge is 2.19. The van der Waals surface area contributed by atoms with Crippen molar-refractivity contribution in [1.29, 1.82) is 0 Å². The van der Waals surface area contributed by atoms with Crippen molar-refractivity contribution in [3.63, 3.8) is 0 Å². The van der Waals surface area contributed by atoms with Crippen LogP contribution in [0.15, 0.2) is 28.7 Å². The molecule has 2 rings (SSSR count). The Morgan fingerprint density at radius 2 is 2.16 bits per heavy atom. The SMILES string of the molecule is CCc1nc(-c2cccc(N(C)C)c2)oc1C(=O)O. The van der Waals surface area contributed by atoms with Gasteiger partial charge in [0, 0.05) is 25.3 Å². The van der Waals surface area contributed by atoms with Gasteiger partial charge in [-0.3, -0.25) is 0 Å². The van der Waals surface area contributed by atoms with Gasteiger partial charge in [-0.1, -0.05) is 13.0 Å². The molecule has 1 aromatic heterocycles. The van der Waals surface area contributed by atoms with Crippen LogP contribution in [0, 0.1) is 0 Å². The highest BCUT2D eigenvalue weighted by atomic mass is 16.4. The fourth-order valence-corrected chi connectivity index (χ4v) is 1.80. The number of nitrogens with zero attached hydrogens (tertiary/aromatic N) is 2. The van der Waals surface area contributed by atoms with E-state index in [1.54, 1.807) is 0 Å². The van der Waals surface area contributed by atoms with Crippen molar-refractivity contribution in [2.24, 2.45) is 0 Å². The molecule has 1 heterocycles. The zero-order valence-electron chi connectivity index (χ0n) is 11.2. The fraction of sp³-hybridized carbons (Fsp3) is 0.286. The lowest BCUT2D eigenvalue weighted by Gasteiger charge is -2.12. The number of hydrogen-bond donors (Lipinski definition) is 1. The monoisotopic (exact) mass is 260 g/mol. The van der Waals surface area contributed by atoms with Gasteiger partial charge in [-0.15, -0.1) is 0 Å². The molecule has 100 valence electrons. The summed E-state index contributed by atoms with van der Waals surface area (Å²) >= 11 is 0. The second-order valence-corrected chi connectivity index (χ2v) is 4.40. The number of anilines is 1. The Morgan fingerprint density at radius 3 is 2.68 bits per heavy atom. The summed E-state index contributed by atoms with van der Waals surface area (Å²) in [7, 11) is 3.88. The minimum atomic E-state index is -1.08. The van der Waals surface area contributed by atoms with E-state index >= 15 is 0 Å². The molecule has 0 aliphatic rings. The quantitative estimate of drug-likeness (QED) is 0.915. The van der Waals surface area contributed by atoms with Crippen molar-refractivity contribution < 1.29 is 14.3 Å². The maximum absolute atomic E-state index is 11.1. The van der Waals surface area contributed by atoms with E-state index in [1.165, 1.54) is 0 Å². The van der Waals surface area contributed by atoms with E-state index in [0.717, 1.165) is 11.3 Å². The van der Waals surface area contributed by atoms with Crippen LogP contribution in [0.5, 0.6) is 0 Å². The lowest BCUT2D eigenvalue weighted by atomic mass is 10.2. The smallest absolute Gasteiger partial charge is 0.373 e. The fourth-order valence-electron chi connectivity index (χ4n) is 1.80. The maximum Gasteiger partial charge on any atom is 0.373 e. The molecule has 0 bridgehead atoms. The summed E-state index contributed by atoms with van der Waals surface area (Å²) in [6.45, 7) is 1.85. The largest absolute Gasteiger partial charge is 0.475 e. The zero-order valence-corrected chi connectivity index (χ0v) is 11.2. The predicted molar refractivity (Wildman–Crippen MR) is 72.6 cm³/mol. The normalized spacial score (nSPS) is 10.5. The van der Waals surface area contributed by atoms with Gasteiger partial charge in [0.2, 0.25) is 11.7 Å². The molecule has 0 saturated heterocycles. The lowest BCUT2D eigenvalue weighted by molar-refractivity contribution is 0.0662. The van der Waals surface area contributed by atoms with Crippen molar-refractivity contribution in [3.8, 4) is 11.5 Å². The van der Waals surface area contributed by atoms with Gasteiger partial charge in [-0.05, 0) is 24.6 Å². The molecule has 0 radical (unpaired) electrons. The Bertz CT molecular complexity index is 602. The molecule has 5 nitrogen and oxygen atoms in total. The lowest BCUT2D eigenvalue weighted by Crippen LogP contribution is -2.08. The third kappa shape index (κ3) is 2.59. The first-order valence-corrected chi connectivity index (χ1v) is 6.03. The number of aryl methyl sites for hydroxylation is 1. The van der Waals surface area contributed by atoms with Crippen molar-refractivity contribution >= 4 is 11.7 Å². The average Bonchev–Trinajstić information content (AvgIpc) is 2.83. The highest BCUT2D eigenvalue weighted by Crippen LogP contribution is 2.25. The molecule has 0 fully saturated rings. The molecule has 0 aliphatic carbocycles. The Labute approximate surface area is 111 Å². The number of rotatable bonds is 4. The Hall–Kier alpha value is -2.30. The zero-order chi connectivity index (χ0) is 14.0. The van der Waals surface area contributed by atoms with Crippen molar-refractivity contribution in [2.45, 2.75) is 13.3 Å². The third-order valence-corrected chi connectivity index (χ3v) is 2.84. The summed E-state index contributed by atoms with van der Waals surface area (Å²) in [4.78, 5) is 17.3. The number of carboxylic acids is 1. The summed E-state index contributed by atoms with van der Waals surface area (Å²) in [5.74, 6) is -0.815. The third-order valence-electron chi connectivity index (χ3n) is 2.84. The molecule has 1 N–H and O–H groups in total. The molecular weight excluding hydrogens is 244 g/mol. The Morgan fingerprint density at radius 1 is 1.42 bits per heavy atom. The number of hydrogen-bond acceptors (Lipinski definition) is 4. The van der Waals surface area contributed by atoms with Gasteiger partial charge in [0.1, 0.15) is 0 Å². The summed E-state index contributed by atoms with van der Waals surface area (Å²) in [6.07, 6.45) is 0.526. The van der Waals surface area contributed by atoms with Crippen LogP contribution in [0.4, 0.5) is 5.69 Å². The molecule has 0 amide bonds. The number of aromatic nitrogens is 1. The summed E-state index contributed by atoms with van der Waals surface area (Å²) in [5, 5.41) is 9.06. The van der Waals surface area contributed by atoms with Gasteiger partial charge in [-0.2, -0.15) is 0 Å². The molecule has 19 heavy (non-hydrogen) atoms. The van der Waals surface area contributed by atoms with Gasteiger partial charge >= 0.3 is 5.97 Å². The second kappa shape index (κ2) is 5.14. The van der Waals surface area contributed by atoms with Gasteiger partial charge in [0.15, 0.2) is 0 Å². The van der Waals surface area contributed by atoms with Crippen molar-refractivity contribution in [3.05, 3.63) is 35.7 Å². The Kier molecular flexibility index (Phi) is 3.55. The van der Waals surface area contributed by atoms with E-state index in [1.807, 2.05) is 50.2 Å². The second-order valence-electron chi connectivity index (χ2n) is 4.40. The number of aromatic carboxylic acids is 1. The van der Waals surface area contributed by atoms with E-state index in [2.05, 4.69) is 4.98 Å². The van der Waals surface area contributed by atoms with Gasteiger partial charge in [-0.25, -0.2) is 9.78 Å². The highest BCUT2D eigenvalue weighted by molar-refractivity contribution is 5.86. The van der Waals surface area contributed by atoms with Crippen LogP contribution >= 0.6 is 0 Å². The molecular formula is C14H16N2O3. The molecule has 0 saturated carbocycles. The Balaban J connectivity index is 2.47. The minimum absolute atomic E-state index is 0.0762. The van der Waals surface area contributed by atoms with Gasteiger partial charge in [0.05, 0.1) is 5.69 Å². The molecule has 0 spiro atoms. The van der Waals surface area contributed by atoms with E-state index < -0.39 is 5.97 Å². The molecule has 0 unspecified atom stereocenters. The summed E-state index contributed by atoms with van der Waals surface area (Å²) in [6, 6.07) is 7.62. The van der Waals surface area contributed by atoms with Crippen molar-refractivity contribution in [1.82, 2.24) is 4.98 Å². The number of carbonyl (C=O) groups is 1. The first kappa shape index (κ1) is 13.1. The minimum Gasteiger partial charge on any atom is -0.475 e. The maximum atomic E-state index is 11.1. The molecule has 1 aromatic carbocycles. The van der Waals surface area contributed by atoms with E-state index in [-0.39, 0.29) is 5.76 Å². The number of carboxylic acid groups (broad SMARTS) is 1. The topological polar surface area (TPSA) is 66.6 Å². The van der Waals surface area contributed by atoms with Crippen LogP contribution in [0.1, 0.15) is 23.2 Å². The number of benzene rings is 1.